The molecule has 0 atom stereocenters. The molecule has 1 heterocycles. The predicted octanol–water partition coefficient (Wildman–Crippen LogP) is 2.74. The van der Waals surface area contributed by atoms with Crippen molar-refractivity contribution in [2.75, 3.05) is 32.0 Å². The maximum Gasteiger partial charge on any atom is 0.338 e. The number of rotatable bonds is 6. The molecule has 132 valence electrons. The fraction of sp³-hybridized carbons (Fsp3) is 0.529. The van der Waals surface area contributed by atoms with Crippen LogP contribution in [0.5, 0.6) is 0 Å². The molecule has 2 rings (SSSR count). The number of hydrogen-bond donors (Lipinski definition) is 1. The van der Waals surface area contributed by atoms with Crippen molar-refractivity contribution in [3.8, 4) is 0 Å². The Bertz CT molecular complexity index is 600. The first-order valence-electron chi connectivity index (χ1n) is 8.08. The highest BCUT2D eigenvalue weighted by Gasteiger charge is 2.17. The molecule has 0 spiro atoms. The zero-order valence-corrected chi connectivity index (χ0v) is 15.4. The molecule has 1 aromatic carbocycles. The molecule has 6 nitrogen and oxygen atoms in total. The summed E-state index contributed by atoms with van der Waals surface area (Å²) < 4.78 is 10.6. The van der Waals surface area contributed by atoms with E-state index in [0.29, 0.717) is 15.7 Å². The quantitative estimate of drug-likeness (QED) is 0.450. The van der Waals surface area contributed by atoms with E-state index in [-0.39, 0.29) is 13.2 Å². The Morgan fingerprint density at radius 3 is 2.50 bits per heavy atom. The molecule has 7 heteroatoms. The van der Waals surface area contributed by atoms with Crippen LogP contribution in [-0.4, -0.2) is 43.1 Å². The summed E-state index contributed by atoms with van der Waals surface area (Å²) in [5, 5.41) is 0. The number of nitrogen functional groups attached to an aromatic ring is 1. The first kappa shape index (κ1) is 18.7. The predicted molar refractivity (Wildman–Crippen MR) is 94.6 cm³/mol. The van der Waals surface area contributed by atoms with Crippen molar-refractivity contribution in [1.82, 2.24) is 4.90 Å². The van der Waals surface area contributed by atoms with Gasteiger partial charge in [-0.15, -0.1) is 0 Å². The number of benzene rings is 1. The Labute approximate surface area is 150 Å². The minimum Gasteiger partial charge on any atom is -0.462 e. The van der Waals surface area contributed by atoms with Crippen molar-refractivity contribution in [1.29, 1.82) is 0 Å². The van der Waals surface area contributed by atoms with E-state index >= 15 is 0 Å². The van der Waals surface area contributed by atoms with E-state index in [2.05, 4.69) is 20.8 Å². The van der Waals surface area contributed by atoms with E-state index in [4.69, 9.17) is 15.2 Å². The number of nitrogens with zero attached hydrogens (tertiary/aromatic N) is 1. The topological polar surface area (TPSA) is 81.9 Å². The number of nitrogens with two attached hydrogens (primary N) is 1. The van der Waals surface area contributed by atoms with Crippen LogP contribution in [0.3, 0.4) is 0 Å². The third-order valence-electron chi connectivity index (χ3n) is 3.92. The monoisotopic (exact) mass is 398 g/mol. The minimum atomic E-state index is -0.456. The van der Waals surface area contributed by atoms with E-state index in [1.54, 1.807) is 12.1 Å². The van der Waals surface area contributed by atoms with E-state index in [0.717, 1.165) is 25.2 Å². The zero-order valence-electron chi connectivity index (χ0n) is 13.8. The normalized spacial score (nSPS) is 15.1. The summed E-state index contributed by atoms with van der Waals surface area (Å²) in [4.78, 5) is 25.2. The number of carbonyl (C=O) groups excluding carboxylic acids is 2. The lowest BCUT2D eigenvalue weighted by Gasteiger charge is -2.27. The number of carbonyl (C=O) groups is 2. The third kappa shape index (κ3) is 5.49. The molecule has 1 fully saturated rings. The van der Waals surface area contributed by atoms with Gasteiger partial charge in [-0.1, -0.05) is 6.42 Å². The first-order valence-corrected chi connectivity index (χ1v) is 8.87. The van der Waals surface area contributed by atoms with Crippen LogP contribution in [0.1, 0.15) is 42.1 Å². The number of likely N-dealkylation sites (tertiary alicyclic amines) is 1. The third-order valence-corrected chi connectivity index (χ3v) is 4.57. The fourth-order valence-electron chi connectivity index (χ4n) is 2.68. The molecule has 1 aromatic rings. The Morgan fingerprint density at radius 2 is 1.83 bits per heavy atom. The lowest BCUT2D eigenvalue weighted by molar-refractivity contribution is -0.142. The summed E-state index contributed by atoms with van der Waals surface area (Å²) in [6.07, 6.45) is 3.66. The molecular weight excluding hydrogens is 376 g/mol. The van der Waals surface area contributed by atoms with Gasteiger partial charge >= 0.3 is 11.9 Å². The molecule has 0 bridgehead atoms. The first-order chi connectivity index (χ1) is 11.5. The summed E-state index contributed by atoms with van der Waals surface area (Å²) in [5.41, 5.74) is 8.14. The van der Waals surface area contributed by atoms with Gasteiger partial charge < -0.3 is 15.2 Å². The van der Waals surface area contributed by atoms with Crippen LogP contribution < -0.4 is 5.73 Å². The van der Waals surface area contributed by atoms with Gasteiger partial charge in [-0.05, 0) is 59.6 Å². The summed E-state index contributed by atoms with van der Waals surface area (Å²) in [6.45, 7) is 4.22. The molecule has 1 aliphatic heterocycles. The van der Waals surface area contributed by atoms with Crippen LogP contribution in [0.2, 0.25) is 0 Å². The van der Waals surface area contributed by atoms with Crippen LogP contribution in [0, 0.1) is 0 Å². The molecule has 0 radical (unpaired) electrons. The number of hydrogen-bond acceptors (Lipinski definition) is 6. The van der Waals surface area contributed by atoms with Crippen LogP contribution in [-0.2, 0) is 20.8 Å². The van der Waals surface area contributed by atoms with Gasteiger partial charge in [0.15, 0.2) is 0 Å². The number of ether oxygens (including phenoxy) is 2. The molecule has 0 aromatic heterocycles. The van der Waals surface area contributed by atoms with Gasteiger partial charge in [0.25, 0.3) is 0 Å². The number of esters is 2. The lowest BCUT2D eigenvalue weighted by atomic mass is 10.1. The van der Waals surface area contributed by atoms with Gasteiger partial charge in [0, 0.05) is 17.9 Å². The summed E-state index contributed by atoms with van der Waals surface area (Å²) in [5.74, 6) is -0.854. The summed E-state index contributed by atoms with van der Waals surface area (Å²) >= 11 is 3.41. The Balaban J connectivity index is 2.01. The number of piperidine rings is 1. The lowest BCUT2D eigenvalue weighted by Crippen LogP contribution is -2.29. The second-order valence-corrected chi connectivity index (χ2v) is 6.70. The van der Waals surface area contributed by atoms with Crippen molar-refractivity contribution in [2.45, 2.75) is 32.7 Å². The highest BCUT2D eigenvalue weighted by atomic mass is 79.9. The second-order valence-electron chi connectivity index (χ2n) is 5.84. The van der Waals surface area contributed by atoms with Crippen molar-refractivity contribution in [2.24, 2.45) is 0 Å². The van der Waals surface area contributed by atoms with Gasteiger partial charge in [0.2, 0.25) is 0 Å². The smallest absolute Gasteiger partial charge is 0.338 e. The van der Waals surface area contributed by atoms with Crippen molar-refractivity contribution in [3.63, 3.8) is 0 Å². The van der Waals surface area contributed by atoms with Gasteiger partial charge in [-0.2, -0.15) is 0 Å². The maximum absolute atomic E-state index is 12.2. The van der Waals surface area contributed by atoms with Crippen LogP contribution >= 0.6 is 15.9 Å². The van der Waals surface area contributed by atoms with E-state index < -0.39 is 11.9 Å². The summed E-state index contributed by atoms with van der Waals surface area (Å²) in [7, 11) is 0. The van der Waals surface area contributed by atoms with Crippen LogP contribution in [0.15, 0.2) is 16.6 Å². The van der Waals surface area contributed by atoms with E-state index in [1.807, 2.05) is 0 Å². The Kier molecular flexibility index (Phi) is 7.05. The van der Waals surface area contributed by atoms with Crippen LogP contribution in [0.4, 0.5) is 5.69 Å². The Morgan fingerprint density at radius 1 is 1.17 bits per heavy atom. The molecular formula is C17H23BrN2O4. The van der Waals surface area contributed by atoms with E-state index in [9.17, 15) is 9.59 Å². The van der Waals surface area contributed by atoms with Crippen molar-refractivity contribution in [3.05, 3.63) is 27.7 Å². The molecule has 0 saturated carbocycles. The van der Waals surface area contributed by atoms with Gasteiger partial charge in [0.1, 0.15) is 13.2 Å². The van der Waals surface area contributed by atoms with Gasteiger partial charge in [-0.25, -0.2) is 4.79 Å². The van der Waals surface area contributed by atoms with Crippen LogP contribution in [0.25, 0.3) is 0 Å². The number of halogens is 1. The standard InChI is InChI=1S/C17H23BrN2O4/c1-12(21)23-7-8-24-17(22)13-9-14(16(19)15(18)10-13)11-20-5-3-2-4-6-20/h9-10H,2-8,11,19H2,1H3. The highest BCUT2D eigenvalue weighted by Crippen LogP contribution is 2.28. The molecule has 0 aliphatic carbocycles. The molecule has 1 aliphatic rings. The average Bonchev–Trinajstić information content (AvgIpc) is 2.56. The average molecular weight is 399 g/mol. The SMILES string of the molecule is CC(=O)OCCOC(=O)c1cc(Br)c(N)c(CN2CCCCC2)c1. The molecule has 24 heavy (non-hydrogen) atoms. The molecule has 0 amide bonds. The number of anilines is 1. The van der Waals surface area contributed by atoms with Gasteiger partial charge in [0.05, 0.1) is 11.3 Å². The summed E-state index contributed by atoms with van der Waals surface area (Å²) in [6, 6.07) is 3.44. The van der Waals surface area contributed by atoms with Gasteiger partial charge in [-0.3, -0.25) is 9.69 Å². The van der Waals surface area contributed by atoms with Crippen molar-refractivity contribution < 1.29 is 19.1 Å². The molecule has 1 saturated heterocycles. The highest BCUT2D eigenvalue weighted by molar-refractivity contribution is 9.10. The van der Waals surface area contributed by atoms with Crippen molar-refractivity contribution >= 4 is 33.6 Å². The van der Waals surface area contributed by atoms with E-state index in [1.165, 1.54) is 26.2 Å². The second kappa shape index (κ2) is 9.03. The molecule has 0 unspecified atom stereocenters. The largest absolute Gasteiger partial charge is 0.462 e. The fourth-order valence-corrected chi connectivity index (χ4v) is 3.19. The minimum absolute atomic E-state index is 0.0296. The zero-order chi connectivity index (χ0) is 17.5. The molecule has 2 N–H and O–H groups in total. The maximum atomic E-state index is 12.2. The Hall–Kier alpha value is -1.60.